The van der Waals surface area contributed by atoms with Crippen molar-refractivity contribution in [2.75, 3.05) is 34.5 Å². The number of methoxy groups -OCH3 is 3. The molecule has 22 heavy (non-hydrogen) atoms. The van der Waals surface area contributed by atoms with Crippen LogP contribution in [0.5, 0.6) is 17.2 Å². The fraction of sp³-hybridized carbons (Fsp3) is 0.333. The second-order valence-electron chi connectivity index (χ2n) is 3.97. The fourth-order valence-electron chi connectivity index (χ4n) is 1.61. The standard InChI is InChI=1S/C15H17NO6/c1-5-6-16-13(17)9-22-15(18)10-7-11(19-2)14(21-4)12(8-10)20-3/h1,7-8H,6,9H2,2-4H3,(H,16,17). The Morgan fingerprint density at radius 1 is 1.14 bits per heavy atom. The maximum absolute atomic E-state index is 12.0. The van der Waals surface area contributed by atoms with Gasteiger partial charge in [0, 0.05) is 0 Å². The number of nitrogens with one attached hydrogen (secondary N) is 1. The number of ether oxygens (including phenoxy) is 4. The monoisotopic (exact) mass is 307 g/mol. The molecule has 7 heteroatoms. The van der Waals surface area contributed by atoms with Crippen LogP contribution >= 0.6 is 0 Å². The summed E-state index contributed by atoms with van der Waals surface area (Å²) < 4.78 is 20.3. The third-order valence-electron chi connectivity index (χ3n) is 2.62. The molecule has 0 unspecified atom stereocenters. The molecule has 0 fully saturated rings. The van der Waals surface area contributed by atoms with Crippen molar-refractivity contribution >= 4 is 11.9 Å². The predicted octanol–water partition coefficient (Wildman–Crippen LogP) is 0.619. The first kappa shape index (κ1) is 17.2. The van der Waals surface area contributed by atoms with Crippen LogP contribution in [-0.4, -0.2) is 46.4 Å². The summed E-state index contributed by atoms with van der Waals surface area (Å²) in [6.07, 6.45) is 5.00. The molecule has 0 aromatic heterocycles. The number of amides is 1. The molecule has 1 N–H and O–H groups in total. The van der Waals surface area contributed by atoms with E-state index in [4.69, 9.17) is 25.4 Å². The molecule has 0 saturated heterocycles. The summed E-state index contributed by atoms with van der Waals surface area (Å²) >= 11 is 0. The van der Waals surface area contributed by atoms with E-state index < -0.39 is 18.5 Å². The van der Waals surface area contributed by atoms with Crippen molar-refractivity contribution in [3.8, 4) is 29.6 Å². The molecule has 0 spiro atoms. The first-order valence-corrected chi connectivity index (χ1v) is 6.24. The van der Waals surface area contributed by atoms with Crippen molar-refractivity contribution in [2.24, 2.45) is 0 Å². The van der Waals surface area contributed by atoms with E-state index in [1.54, 1.807) is 0 Å². The summed E-state index contributed by atoms with van der Waals surface area (Å²) in [5.41, 5.74) is 0.166. The van der Waals surface area contributed by atoms with E-state index in [2.05, 4.69) is 11.2 Å². The minimum Gasteiger partial charge on any atom is -0.493 e. The molecular weight excluding hydrogens is 290 g/mol. The maximum atomic E-state index is 12.0. The van der Waals surface area contributed by atoms with Crippen LogP contribution in [0.1, 0.15) is 10.4 Å². The summed E-state index contributed by atoms with van der Waals surface area (Å²) in [6, 6.07) is 2.87. The minimum absolute atomic E-state index is 0.0700. The SMILES string of the molecule is C#CCNC(=O)COC(=O)c1cc(OC)c(OC)c(OC)c1. The van der Waals surface area contributed by atoms with Crippen molar-refractivity contribution in [3.63, 3.8) is 0 Å². The molecule has 0 radical (unpaired) electrons. The second kappa shape index (κ2) is 8.42. The number of hydrogen-bond donors (Lipinski definition) is 1. The predicted molar refractivity (Wildman–Crippen MR) is 78.2 cm³/mol. The Balaban J connectivity index is 2.85. The zero-order chi connectivity index (χ0) is 16.5. The van der Waals surface area contributed by atoms with Crippen LogP contribution in [0.3, 0.4) is 0 Å². The molecule has 1 rings (SSSR count). The van der Waals surface area contributed by atoms with Gasteiger partial charge in [-0.2, -0.15) is 0 Å². The lowest BCUT2D eigenvalue weighted by Gasteiger charge is -2.13. The van der Waals surface area contributed by atoms with Gasteiger partial charge < -0.3 is 24.3 Å². The molecule has 118 valence electrons. The molecule has 0 saturated carbocycles. The zero-order valence-corrected chi connectivity index (χ0v) is 12.6. The average Bonchev–Trinajstić information content (AvgIpc) is 2.55. The minimum atomic E-state index is -0.699. The van der Waals surface area contributed by atoms with Crippen LogP contribution in [0.4, 0.5) is 0 Å². The lowest BCUT2D eigenvalue weighted by Crippen LogP contribution is -2.29. The third kappa shape index (κ3) is 4.31. The molecular formula is C15H17NO6. The molecule has 7 nitrogen and oxygen atoms in total. The lowest BCUT2D eigenvalue weighted by atomic mass is 10.2. The van der Waals surface area contributed by atoms with Crippen molar-refractivity contribution in [3.05, 3.63) is 17.7 Å². The van der Waals surface area contributed by atoms with Gasteiger partial charge in [-0.25, -0.2) is 4.79 Å². The van der Waals surface area contributed by atoms with Crippen LogP contribution in [0, 0.1) is 12.3 Å². The average molecular weight is 307 g/mol. The van der Waals surface area contributed by atoms with Crippen LogP contribution in [0.15, 0.2) is 12.1 Å². The van der Waals surface area contributed by atoms with Gasteiger partial charge in [-0.1, -0.05) is 5.92 Å². The lowest BCUT2D eigenvalue weighted by molar-refractivity contribution is -0.123. The Hall–Kier alpha value is -2.88. The first-order valence-electron chi connectivity index (χ1n) is 6.24. The van der Waals surface area contributed by atoms with E-state index in [0.717, 1.165) is 0 Å². The number of hydrogen-bond acceptors (Lipinski definition) is 6. The molecule has 1 amide bonds. The van der Waals surface area contributed by atoms with Gasteiger partial charge in [-0.15, -0.1) is 6.42 Å². The Morgan fingerprint density at radius 2 is 1.73 bits per heavy atom. The van der Waals surface area contributed by atoms with E-state index in [1.807, 2.05) is 0 Å². The normalized spacial score (nSPS) is 9.36. The van der Waals surface area contributed by atoms with Crippen molar-refractivity contribution in [2.45, 2.75) is 0 Å². The summed E-state index contributed by atoms with van der Waals surface area (Å²) in [5.74, 6) is 2.03. The molecule has 0 aliphatic carbocycles. The van der Waals surface area contributed by atoms with Crippen molar-refractivity contribution < 1.29 is 28.5 Å². The van der Waals surface area contributed by atoms with Gasteiger partial charge in [0.05, 0.1) is 33.4 Å². The van der Waals surface area contributed by atoms with Gasteiger partial charge in [-0.3, -0.25) is 4.79 Å². The smallest absolute Gasteiger partial charge is 0.338 e. The van der Waals surface area contributed by atoms with Crippen LogP contribution in [0.2, 0.25) is 0 Å². The van der Waals surface area contributed by atoms with E-state index in [0.29, 0.717) is 17.2 Å². The second-order valence-corrected chi connectivity index (χ2v) is 3.97. The first-order chi connectivity index (χ1) is 10.6. The van der Waals surface area contributed by atoms with Gasteiger partial charge >= 0.3 is 5.97 Å². The highest BCUT2D eigenvalue weighted by Gasteiger charge is 2.18. The fourth-order valence-corrected chi connectivity index (χ4v) is 1.61. The number of esters is 1. The molecule has 0 aliphatic rings. The summed E-state index contributed by atoms with van der Waals surface area (Å²) in [7, 11) is 4.31. The Bertz CT molecular complexity index is 565. The molecule has 0 aliphatic heterocycles. The van der Waals surface area contributed by atoms with Crippen molar-refractivity contribution in [1.29, 1.82) is 0 Å². The quantitative estimate of drug-likeness (QED) is 0.587. The van der Waals surface area contributed by atoms with Crippen LogP contribution < -0.4 is 19.5 Å². The van der Waals surface area contributed by atoms with Gasteiger partial charge in [0.2, 0.25) is 5.75 Å². The maximum Gasteiger partial charge on any atom is 0.338 e. The molecule has 0 bridgehead atoms. The van der Waals surface area contributed by atoms with E-state index in [-0.39, 0.29) is 12.1 Å². The van der Waals surface area contributed by atoms with Crippen LogP contribution in [0.25, 0.3) is 0 Å². The highest BCUT2D eigenvalue weighted by atomic mass is 16.5. The highest BCUT2D eigenvalue weighted by molar-refractivity contribution is 5.92. The van der Waals surface area contributed by atoms with E-state index >= 15 is 0 Å². The molecule has 1 aromatic carbocycles. The summed E-state index contributed by atoms with van der Waals surface area (Å²) in [6.45, 7) is -0.363. The van der Waals surface area contributed by atoms with E-state index in [9.17, 15) is 9.59 Å². The third-order valence-corrected chi connectivity index (χ3v) is 2.62. The summed E-state index contributed by atoms with van der Waals surface area (Å²) in [5, 5.41) is 2.38. The Kier molecular flexibility index (Phi) is 6.57. The molecule has 0 heterocycles. The number of carbonyl (C=O) groups excluding carboxylic acids is 2. The van der Waals surface area contributed by atoms with Gasteiger partial charge in [0.25, 0.3) is 5.91 Å². The Labute approximate surface area is 128 Å². The number of terminal acetylenes is 1. The number of carbonyl (C=O) groups is 2. The van der Waals surface area contributed by atoms with Crippen molar-refractivity contribution in [1.82, 2.24) is 5.32 Å². The van der Waals surface area contributed by atoms with E-state index in [1.165, 1.54) is 33.5 Å². The summed E-state index contributed by atoms with van der Waals surface area (Å²) in [4.78, 5) is 23.3. The topological polar surface area (TPSA) is 83.1 Å². The van der Waals surface area contributed by atoms with Crippen LogP contribution in [-0.2, 0) is 9.53 Å². The number of rotatable bonds is 7. The van der Waals surface area contributed by atoms with Gasteiger partial charge in [-0.05, 0) is 12.1 Å². The Morgan fingerprint density at radius 3 is 2.18 bits per heavy atom. The zero-order valence-electron chi connectivity index (χ0n) is 12.6. The number of benzene rings is 1. The molecule has 1 aromatic rings. The highest BCUT2D eigenvalue weighted by Crippen LogP contribution is 2.38. The molecule has 0 atom stereocenters. The largest absolute Gasteiger partial charge is 0.493 e. The van der Waals surface area contributed by atoms with Gasteiger partial charge in [0.1, 0.15) is 0 Å². The van der Waals surface area contributed by atoms with Gasteiger partial charge in [0.15, 0.2) is 18.1 Å².